The van der Waals surface area contributed by atoms with E-state index in [1.165, 1.54) is 0 Å². The standard InChI is InChI=1S/C13H21N5O/c1-9-7-18(8-12(9)17(2)3)11-6-15-5-4-10(11)13(14)16-19/h4-6,9,12,19H,7-8H2,1-3H3,(H2,14,16). The number of pyridine rings is 1. The molecule has 0 aliphatic carbocycles. The highest BCUT2D eigenvalue weighted by molar-refractivity contribution is 6.02. The summed E-state index contributed by atoms with van der Waals surface area (Å²) < 4.78 is 0. The largest absolute Gasteiger partial charge is 0.409 e. The van der Waals surface area contributed by atoms with E-state index >= 15 is 0 Å². The van der Waals surface area contributed by atoms with Crippen molar-refractivity contribution in [3.05, 3.63) is 24.0 Å². The van der Waals surface area contributed by atoms with Crippen LogP contribution in [-0.2, 0) is 0 Å². The van der Waals surface area contributed by atoms with Gasteiger partial charge in [-0.15, -0.1) is 0 Å². The molecule has 0 saturated carbocycles. The summed E-state index contributed by atoms with van der Waals surface area (Å²) in [5.41, 5.74) is 7.38. The molecule has 2 heterocycles. The van der Waals surface area contributed by atoms with Crippen LogP contribution in [0.1, 0.15) is 12.5 Å². The maximum atomic E-state index is 8.86. The summed E-state index contributed by atoms with van der Waals surface area (Å²) in [6, 6.07) is 2.28. The van der Waals surface area contributed by atoms with Crippen LogP contribution in [0.2, 0.25) is 0 Å². The van der Waals surface area contributed by atoms with Crippen molar-refractivity contribution < 1.29 is 5.21 Å². The first-order valence-electron chi connectivity index (χ1n) is 6.38. The number of nitrogens with zero attached hydrogens (tertiary/aromatic N) is 4. The Morgan fingerprint density at radius 2 is 2.26 bits per heavy atom. The fourth-order valence-electron chi connectivity index (χ4n) is 2.73. The molecule has 0 radical (unpaired) electrons. The molecule has 0 amide bonds. The SMILES string of the molecule is CC1CN(c2cnccc2/C(N)=N/O)CC1N(C)C. The van der Waals surface area contributed by atoms with E-state index in [4.69, 9.17) is 10.9 Å². The molecular weight excluding hydrogens is 242 g/mol. The molecular formula is C13H21N5O. The zero-order valence-corrected chi connectivity index (χ0v) is 11.6. The van der Waals surface area contributed by atoms with Gasteiger partial charge in [0.15, 0.2) is 5.84 Å². The Bertz CT molecular complexity index is 474. The number of likely N-dealkylation sites (N-methyl/N-ethyl adjacent to an activating group) is 1. The molecule has 1 aromatic heterocycles. The maximum absolute atomic E-state index is 8.86. The van der Waals surface area contributed by atoms with E-state index in [0.717, 1.165) is 24.3 Å². The van der Waals surface area contributed by atoms with Gasteiger partial charge in [0.1, 0.15) is 0 Å². The molecule has 19 heavy (non-hydrogen) atoms. The first kappa shape index (κ1) is 13.6. The smallest absolute Gasteiger partial charge is 0.172 e. The topological polar surface area (TPSA) is 78.0 Å². The Morgan fingerprint density at radius 3 is 2.84 bits per heavy atom. The van der Waals surface area contributed by atoms with Gasteiger partial charge in [0.25, 0.3) is 0 Å². The van der Waals surface area contributed by atoms with Crippen LogP contribution < -0.4 is 10.6 Å². The lowest BCUT2D eigenvalue weighted by atomic mass is 10.1. The molecule has 0 spiro atoms. The zero-order chi connectivity index (χ0) is 14.0. The fourth-order valence-corrected chi connectivity index (χ4v) is 2.73. The van der Waals surface area contributed by atoms with Crippen LogP contribution in [0.5, 0.6) is 0 Å². The number of amidine groups is 1. The van der Waals surface area contributed by atoms with Gasteiger partial charge in [-0.25, -0.2) is 0 Å². The quantitative estimate of drug-likeness (QED) is 0.361. The predicted molar refractivity (Wildman–Crippen MR) is 75.6 cm³/mol. The van der Waals surface area contributed by atoms with Crippen LogP contribution in [0.4, 0.5) is 5.69 Å². The lowest BCUT2D eigenvalue weighted by molar-refractivity contribution is 0.266. The number of aromatic nitrogens is 1. The molecule has 1 aromatic rings. The Morgan fingerprint density at radius 1 is 1.53 bits per heavy atom. The summed E-state index contributed by atoms with van der Waals surface area (Å²) in [5, 5.41) is 12.0. The minimum atomic E-state index is 0.123. The molecule has 1 fully saturated rings. The molecule has 0 bridgehead atoms. The van der Waals surface area contributed by atoms with Crippen LogP contribution in [0, 0.1) is 5.92 Å². The monoisotopic (exact) mass is 263 g/mol. The minimum Gasteiger partial charge on any atom is -0.409 e. The molecule has 0 aromatic carbocycles. The van der Waals surface area contributed by atoms with Crippen molar-refractivity contribution in [3.63, 3.8) is 0 Å². The van der Waals surface area contributed by atoms with Gasteiger partial charge in [-0.1, -0.05) is 12.1 Å². The Hall–Kier alpha value is -1.82. The van der Waals surface area contributed by atoms with Crippen molar-refractivity contribution in [2.45, 2.75) is 13.0 Å². The highest BCUT2D eigenvalue weighted by atomic mass is 16.4. The van der Waals surface area contributed by atoms with E-state index in [9.17, 15) is 0 Å². The third-order valence-corrected chi connectivity index (χ3v) is 3.76. The molecule has 104 valence electrons. The molecule has 6 heteroatoms. The Kier molecular flexibility index (Phi) is 3.90. The van der Waals surface area contributed by atoms with E-state index in [2.05, 4.69) is 41.0 Å². The van der Waals surface area contributed by atoms with Gasteiger partial charge >= 0.3 is 0 Å². The molecule has 3 N–H and O–H groups in total. The second-order valence-corrected chi connectivity index (χ2v) is 5.29. The van der Waals surface area contributed by atoms with E-state index in [0.29, 0.717) is 12.0 Å². The normalized spacial score (nSPS) is 24.2. The Labute approximate surface area is 113 Å². The third-order valence-electron chi connectivity index (χ3n) is 3.76. The molecule has 6 nitrogen and oxygen atoms in total. The van der Waals surface area contributed by atoms with E-state index in [-0.39, 0.29) is 5.84 Å². The maximum Gasteiger partial charge on any atom is 0.172 e. The number of hydrogen-bond acceptors (Lipinski definition) is 5. The van der Waals surface area contributed by atoms with Crippen LogP contribution >= 0.6 is 0 Å². The minimum absolute atomic E-state index is 0.123. The van der Waals surface area contributed by atoms with Gasteiger partial charge in [-0.2, -0.15) is 0 Å². The van der Waals surface area contributed by atoms with E-state index < -0.39 is 0 Å². The highest BCUT2D eigenvalue weighted by Gasteiger charge is 2.32. The van der Waals surface area contributed by atoms with Crippen molar-refractivity contribution in [2.24, 2.45) is 16.8 Å². The third kappa shape index (κ3) is 2.63. The molecule has 2 unspecified atom stereocenters. The molecule has 1 aliphatic heterocycles. The molecule has 1 aliphatic rings. The van der Waals surface area contributed by atoms with Crippen LogP contribution in [-0.4, -0.2) is 54.2 Å². The highest BCUT2D eigenvalue weighted by Crippen LogP contribution is 2.28. The molecule has 2 atom stereocenters. The van der Waals surface area contributed by atoms with Gasteiger partial charge in [0.05, 0.1) is 11.9 Å². The number of rotatable bonds is 3. The zero-order valence-electron chi connectivity index (χ0n) is 11.6. The number of anilines is 1. The first-order valence-corrected chi connectivity index (χ1v) is 6.38. The van der Waals surface area contributed by atoms with Crippen molar-refractivity contribution >= 4 is 11.5 Å². The van der Waals surface area contributed by atoms with Crippen LogP contribution in [0.3, 0.4) is 0 Å². The second-order valence-electron chi connectivity index (χ2n) is 5.29. The number of oxime groups is 1. The summed E-state index contributed by atoms with van der Waals surface area (Å²) in [6.07, 6.45) is 3.43. The summed E-state index contributed by atoms with van der Waals surface area (Å²) in [5.74, 6) is 0.689. The second kappa shape index (κ2) is 5.44. The predicted octanol–water partition coefficient (Wildman–Crippen LogP) is 0.562. The number of nitrogens with two attached hydrogens (primary N) is 1. The fraction of sp³-hybridized carbons (Fsp3) is 0.538. The lowest BCUT2D eigenvalue weighted by Crippen LogP contribution is -2.34. The summed E-state index contributed by atoms with van der Waals surface area (Å²) in [7, 11) is 4.19. The Balaban J connectivity index is 2.29. The van der Waals surface area contributed by atoms with E-state index in [1.54, 1.807) is 18.5 Å². The molecule has 2 rings (SSSR count). The van der Waals surface area contributed by atoms with Gasteiger partial charge in [0.2, 0.25) is 0 Å². The van der Waals surface area contributed by atoms with Crippen LogP contribution in [0.15, 0.2) is 23.6 Å². The van der Waals surface area contributed by atoms with Gasteiger partial charge in [-0.3, -0.25) is 4.98 Å². The number of hydrogen-bond donors (Lipinski definition) is 2. The van der Waals surface area contributed by atoms with Crippen molar-refractivity contribution in [2.75, 3.05) is 32.1 Å². The average molecular weight is 263 g/mol. The van der Waals surface area contributed by atoms with Crippen molar-refractivity contribution in [3.8, 4) is 0 Å². The van der Waals surface area contributed by atoms with Crippen LogP contribution in [0.25, 0.3) is 0 Å². The summed E-state index contributed by atoms with van der Waals surface area (Å²) in [4.78, 5) is 8.64. The van der Waals surface area contributed by atoms with Crippen molar-refractivity contribution in [1.29, 1.82) is 0 Å². The summed E-state index contributed by atoms with van der Waals surface area (Å²) in [6.45, 7) is 4.11. The van der Waals surface area contributed by atoms with Gasteiger partial charge in [0, 0.05) is 30.9 Å². The molecule has 1 saturated heterocycles. The van der Waals surface area contributed by atoms with E-state index in [1.807, 2.05) is 0 Å². The lowest BCUT2D eigenvalue weighted by Gasteiger charge is -2.23. The first-order chi connectivity index (χ1) is 9.04. The van der Waals surface area contributed by atoms with Gasteiger partial charge in [-0.05, 0) is 26.1 Å². The van der Waals surface area contributed by atoms with Crippen molar-refractivity contribution in [1.82, 2.24) is 9.88 Å². The van der Waals surface area contributed by atoms with Gasteiger partial charge < -0.3 is 20.7 Å². The summed E-state index contributed by atoms with van der Waals surface area (Å²) >= 11 is 0. The average Bonchev–Trinajstić information content (AvgIpc) is 2.80.